The molecule has 1 aliphatic heterocycles. The number of hydrogen-bond acceptors (Lipinski definition) is 5. The average Bonchev–Trinajstić information content (AvgIpc) is 3.23. The van der Waals surface area contributed by atoms with Crippen molar-refractivity contribution in [1.29, 1.82) is 0 Å². The third-order valence-electron chi connectivity index (χ3n) is 4.36. The molecule has 0 saturated carbocycles. The zero-order valence-corrected chi connectivity index (χ0v) is 16.3. The molecule has 2 rings (SSSR count). The second-order valence-corrected chi connectivity index (χ2v) is 8.55. The predicted molar refractivity (Wildman–Crippen MR) is 96.2 cm³/mol. The summed E-state index contributed by atoms with van der Waals surface area (Å²) in [6.45, 7) is 4.49. The van der Waals surface area contributed by atoms with Crippen molar-refractivity contribution in [2.75, 3.05) is 19.7 Å². The first-order valence-electron chi connectivity index (χ1n) is 8.88. The smallest absolute Gasteiger partial charge is 0.355 e. The highest BCUT2D eigenvalue weighted by atomic mass is 32.2. The van der Waals surface area contributed by atoms with Gasteiger partial charge in [-0.15, -0.1) is 0 Å². The molecular formula is C17H27N3O5S. The van der Waals surface area contributed by atoms with Crippen LogP contribution in [0.15, 0.2) is 17.2 Å². The number of aryl methyl sites for hydroxylation is 1. The van der Waals surface area contributed by atoms with Gasteiger partial charge in [0.15, 0.2) is 6.61 Å². The summed E-state index contributed by atoms with van der Waals surface area (Å²) < 4.78 is 33.0. The average molecular weight is 385 g/mol. The largest absolute Gasteiger partial charge is 0.451 e. The van der Waals surface area contributed by atoms with Crippen molar-refractivity contribution in [2.24, 2.45) is 7.05 Å². The quantitative estimate of drug-likeness (QED) is 0.680. The van der Waals surface area contributed by atoms with Crippen LogP contribution >= 0.6 is 0 Å². The molecule has 9 heteroatoms. The number of hydrogen-bond donors (Lipinski definition) is 1. The van der Waals surface area contributed by atoms with E-state index in [1.807, 2.05) is 13.8 Å². The van der Waals surface area contributed by atoms with Gasteiger partial charge in [-0.25, -0.2) is 13.2 Å². The zero-order valence-electron chi connectivity index (χ0n) is 15.5. The van der Waals surface area contributed by atoms with E-state index in [0.717, 1.165) is 25.7 Å². The molecule has 1 fully saturated rings. The molecule has 0 aromatic carbocycles. The lowest BCUT2D eigenvalue weighted by atomic mass is 10.2. The Morgan fingerprint density at radius 2 is 1.96 bits per heavy atom. The van der Waals surface area contributed by atoms with Crippen molar-refractivity contribution < 1.29 is 22.7 Å². The molecule has 1 atom stereocenters. The van der Waals surface area contributed by atoms with Crippen LogP contribution in [0.1, 0.15) is 50.0 Å². The second-order valence-electron chi connectivity index (χ2n) is 6.62. The first kappa shape index (κ1) is 20.4. The zero-order chi connectivity index (χ0) is 19.3. The molecule has 1 amide bonds. The van der Waals surface area contributed by atoms with Gasteiger partial charge in [0.05, 0.1) is 0 Å². The number of nitrogens with one attached hydrogen (secondary N) is 1. The van der Waals surface area contributed by atoms with Crippen molar-refractivity contribution in [2.45, 2.75) is 50.5 Å². The van der Waals surface area contributed by atoms with Crippen LogP contribution in [0.2, 0.25) is 0 Å². The van der Waals surface area contributed by atoms with Gasteiger partial charge < -0.3 is 14.6 Å². The van der Waals surface area contributed by atoms with Gasteiger partial charge in [0, 0.05) is 32.4 Å². The lowest BCUT2D eigenvalue weighted by molar-refractivity contribution is -0.124. The maximum absolute atomic E-state index is 12.6. The summed E-state index contributed by atoms with van der Waals surface area (Å²) in [7, 11) is -2.03. The number of nitrogens with zero attached hydrogens (tertiary/aromatic N) is 2. The Morgan fingerprint density at radius 1 is 1.31 bits per heavy atom. The fourth-order valence-corrected chi connectivity index (χ4v) is 4.57. The number of carbonyl (C=O) groups is 2. The van der Waals surface area contributed by atoms with Crippen LogP contribution in [0, 0.1) is 0 Å². The summed E-state index contributed by atoms with van der Waals surface area (Å²) in [6.07, 6.45) is 4.86. The normalized spacial score (nSPS) is 16.4. The number of carbonyl (C=O) groups excluding carboxylic acids is 2. The van der Waals surface area contributed by atoms with Gasteiger partial charge in [-0.3, -0.25) is 4.79 Å². The molecule has 1 N–H and O–H groups in total. The first-order valence-corrected chi connectivity index (χ1v) is 10.3. The highest BCUT2D eigenvalue weighted by molar-refractivity contribution is 7.89. The van der Waals surface area contributed by atoms with E-state index >= 15 is 0 Å². The minimum absolute atomic E-state index is 0.0124. The Labute approximate surface area is 154 Å². The number of sulfonamides is 1. The Morgan fingerprint density at radius 3 is 2.58 bits per heavy atom. The van der Waals surface area contributed by atoms with E-state index in [2.05, 4.69) is 5.32 Å². The summed E-state index contributed by atoms with van der Waals surface area (Å²) >= 11 is 0. The summed E-state index contributed by atoms with van der Waals surface area (Å²) in [5, 5.41) is 2.74. The van der Waals surface area contributed by atoms with Crippen LogP contribution in [0.5, 0.6) is 0 Å². The van der Waals surface area contributed by atoms with Gasteiger partial charge in [-0.05, 0) is 32.3 Å². The van der Waals surface area contributed by atoms with E-state index in [0.29, 0.717) is 13.1 Å². The summed E-state index contributed by atoms with van der Waals surface area (Å²) in [4.78, 5) is 24.1. The second kappa shape index (κ2) is 8.68. The Bertz CT molecular complexity index is 750. The lowest BCUT2D eigenvalue weighted by Gasteiger charge is -2.13. The van der Waals surface area contributed by atoms with Crippen LogP contribution in [0.3, 0.4) is 0 Å². The number of esters is 1. The molecule has 0 unspecified atom stereocenters. The molecule has 0 bridgehead atoms. The van der Waals surface area contributed by atoms with Crippen LogP contribution < -0.4 is 5.32 Å². The van der Waals surface area contributed by atoms with Crippen LogP contribution in [-0.4, -0.2) is 54.9 Å². The van der Waals surface area contributed by atoms with Crippen molar-refractivity contribution in [3.63, 3.8) is 0 Å². The monoisotopic (exact) mass is 385 g/mol. The molecule has 1 saturated heterocycles. The number of aromatic nitrogens is 1. The summed E-state index contributed by atoms with van der Waals surface area (Å²) in [6, 6.07) is 1.31. The lowest BCUT2D eigenvalue weighted by Crippen LogP contribution is -2.35. The molecule has 0 aliphatic carbocycles. The highest BCUT2D eigenvalue weighted by Crippen LogP contribution is 2.22. The van der Waals surface area contributed by atoms with E-state index in [4.69, 9.17) is 4.74 Å². The minimum atomic E-state index is -3.60. The van der Waals surface area contributed by atoms with Gasteiger partial charge in [0.1, 0.15) is 10.6 Å². The molecule has 1 aliphatic rings. The number of ether oxygens (including phenoxy) is 1. The maximum atomic E-state index is 12.6. The molecule has 1 aromatic rings. The van der Waals surface area contributed by atoms with Crippen molar-refractivity contribution in [3.05, 3.63) is 18.0 Å². The third kappa shape index (κ3) is 4.85. The molecule has 146 valence electrons. The maximum Gasteiger partial charge on any atom is 0.355 e. The van der Waals surface area contributed by atoms with E-state index in [9.17, 15) is 18.0 Å². The molecule has 1 aromatic heterocycles. The highest BCUT2D eigenvalue weighted by Gasteiger charge is 2.29. The fourth-order valence-electron chi connectivity index (χ4n) is 2.98. The molecule has 0 radical (unpaired) electrons. The van der Waals surface area contributed by atoms with E-state index in [1.54, 1.807) is 7.05 Å². The molecular weight excluding hydrogens is 358 g/mol. The summed E-state index contributed by atoms with van der Waals surface area (Å²) in [5.74, 6) is -1.10. The Hall–Kier alpha value is -1.87. The number of amides is 1. The SMILES string of the molecule is CCC[C@H](C)NC(=O)COC(=O)c1cc(S(=O)(=O)N2CCCC2)cn1C. The fraction of sp³-hybridized carbons (Fsp3) is 0.647. The van der Waals surface area contributed by atoms with Gasteiger partial charge >= 0.3 is 5.97 Å². The van der Waals surface area contributed by atoms with Gasteiger partial charge in [0.25, 0.3) is 5.91 Å². The molecule has 2 heterocycles. The van der Waals surface area contributed by atoms with Crippen molar-refractivity contribution in [1.82, 2.24) is 14.2 Å². The van der Waals surface area contributed by atoms with Gasteiger partial charge in [0.2, 0.25) is 10.0 Å². The minimum Gasteiger partial charge on any atom is -0.451 e. The summed E-state index contributed by atoms with van der Waals surface area (Å²) in [5.41, 5.74) is 0.0946. The standard InChI is InChI=1S/C17H27N3O5S/c1-4-7-13(2)18-16(21)12-25-17(22)15-10-14(11-19(15)3)26(23,24)20-8-5-6-9-20/h10-11,13H,4-9,12H2,1-3H3,(H,18,21)/t13-/m0/s1. The van der Waals surface area contributed by atoms with Crippen LogP contribution in [0.4, 0.5) is 0 Å². The third-order valence-corrected chi connectivity index (χ3v) is 6.22. The topological polar surface area (TPSA) is 97.7 Å². The first-order chi connectivity index (χ1) is 12.3. The molecule has 0 spiro atoms. The van der Waals surface area contributed by atoms with Crippen molar-refractivity contribution in [3.8, 4) is 0 Å². The van der Waals surface area contributed by atoms with Crippen molar-refractivity contribution >= 4 is 21.9 Å². The Balaban J connectivity index is 1.99. The van der Waals surface area contributed by atoms with E-state index < -0.39 is 22.6 Å². The number of rotatable bonds is 8. The van der Waals surface area contributed by atoms with Gasteiger partial charge in [-0.2, -0.15) is 4.31 Å². The van der Waals surface area contributed by atoms with E-state index in [-0.39, 0.29) is 22.5 Å². The molecule has 26 heavy (non-hydrogen) atoms. The van der Waals surface area contributed by atoms with Gasteiger partial charge in [-0.1, -0.05) is 13.3 Å². The van der Waals surface area contributed by atoms with E-state index in [1.165, 1.54) is 21.1 Å². The van der Waals surface area contributed by atoms with Crippen LogP contribution in [-0.2, 0) is 26.6 Å². The Kier molecular flexibility index (Phi) is 6.82. The van der Waals surface area contributed by atoms with Crippen LogP contribution in [0.25, 0.3) is 0 Å². The molecule has 8 nitrogen and oxygen atoms in total. The predicted octanol–water partition coefficient (Wildman–Crippen LogP) is 1.27.